The molecule has 0 unspecified atom stereocenters. The second kappa shape index (κ2) is 6.83. The molecule has 0 heterocycles. The Kier molecular flexibility index (Phi) is 6.68. The Morgan fingerprint density at radius 2 is 2.12 bits per heavy atom. The Balaban J connectivity index is 3.07. The van der Waals surface area contributed by atoms with Gasteiger partial charge in [0.15, 0.2) is 0 Å². The van der Waals surface area contributed by atoms with Crippen LogP contribution >= 0.6 is 12.6 Å². The fourth-order valence-electron chi connectivity index (χ4n) is 0.360. The number of rotatable bonds is 3. The molecule has 0 spiro atoms. The van der Waals surface area contributed by atoms with Crippen LogP contribution in [0.15, 0.2) is 24.3 Å². The lowest BCUT2D eigenvalue weighted by Gasteiger charge is -1.77. The van der Waals surface area contributed by atoms with Gasteiger partial charge in [-0.15, -0.1) is 0 Å². The SMILES string of the molecule is C/C=C/C=C/CCS. The van der Waals surface area contributed by atoms with Crippen LogP contribution in [0, 0.1) is 0 Å². The van der Waals surface area contributed by atoms with E-state index in [4.69, 9.17) is 0 Å². The largest absolute Gasteiger partial charge is 0.179 e. The molecule has 0 saturated heterocycles. The minimum atomic E-state index is 0.939. The van der Waals surface area contributed by atoms with E-state index in [2.05, 4.69) is 18.7 Å². The molecule has 0 rings (SSSR count). The molecule has 0 aromatic rings. The first kappa shape index (κ1) is 7.83. The Morgan fingerprint density at radius 1 is 1.38 bits per heavy atom. The van der Waals surface area contributed by atoms with E-state index in [1.165, 1.54) is 0 Å². The average molecular weight is 128 g/mol. The molecule has 0 N–H and O–H groups in total. The molecule has 8 heavy (non-hydrogen) atoms. The van der Waals surface area contributed by atoms with Gasteiger partial charge < -0.3 is 0 Å². The van der Waals surface area contributed by atoms with E-state index >= 15 is 0 Å². The van der Waals surface area contributed by atoms with E-state index in [0.29, 0.717) is 0 Å². The first-order chi connectivity index (χ1) is 3.91. The van der Waals surface area contributed by atoms with Gasteiger partial charge in [-0.2, -0.15) is 12.6 Å². The first-order valence-corrected chi connectivity index (χ1v) is 3.43. The third-order valence-electron chi connectivity index (χ3n) is 0.735. The molecule has 1 heteroatoms. The van der Waals surface area contributed by atoms with Crippen molar-refractivity contribution >= 4 is 12.6 Å². The summed E-state index contributed by atoms with van der Waals surface area (Å²) in [7, 11) is 0. The Hall–Kier alpha value is -0.170. The fraction of sp³-hybridized carbons (Fsp3) is 0.429. The third-order valence-corrected chi connectivity index (χ3v) is 0.994. The minimum Gasteiger partial charge on any atom is -0.179 e. The molecule has 0 aliphatic heterocycles. The highest BCUT2D eigenvalue weighted by molar-refractivity contribution is 7.80. The van der Waals surface area contributed by atoms with Crippen LogP contribution in [0.5, 0.6) is 0 Å². The van der Waals surface area contributed by atoms with Crippen LogP contribution in [0.4, 0.5) is 0 Å². The monoisotopic (exact) mass is 128 g/mol. The molecule has 0 fully saturated rings. The summed E-state index contributed by atoms with van der Waals surface area (Å²) in [6.45, 7) is 2.00. The van der Waals surface area contributed by atoms with Crippen LogP contribution in [0.1, 0.15) is 13.3 Å². The van der Waals surface area contributed by atoms with Gasteiger partial charge in [-0.25, -0.2) is 0 Å². The van der Waals surface area contributed by atoms with Gasteiger partial charge in [0.1, 0.15) is 0 Å². The van der Waals surface area contributed by atoms with Crippen LogP contribution in [0.2, 0.25) is 0 Å². The molecule has 0 radical (unpaired) electrons. The zero-order chi connectivity index (χ0) is 6.24. The van der Waals surface area contributed by atoms with Gasteiger partial charge in [0.2, 0.25) is 0 Å². The van der Waals surface area contributed by atoms with E-state index in [-0.39, 0.29) is 0 Å². The van der Waals surface area contributed by atoms with E-state index in [0.717, 1.165) is 12.2 Å². The molecule has 46 valence electrons. The minimum absolute atomic E-state index is 0.939. The molecule has 0 aliphatic carbocycles. The molecule has 0 amide bonds. The maximum Gasteiger partial charge on any atom is -0.00632 e. The van der Waals surface area contributed by atoms with Crippen molar-refractivity contribution in [2.45, 2.75) is 13.3 Å². The van der Waals surface area contributed by atoms with Gasteiger partial charge in [-0.05, 0) is 19.1 Å². The van der Waals surface area contributed by atoms with Crippen LogP contribution < -0.4 is 0 Å². The molecule has 0 bridgehead atoms. The summed E-state index contributed by atoms with van der Waals surface area (Å²) in [5.74, 6) is 0.939. The third kappa shape index (κ3) is 5.83. The van der Waals surface area contributed by atoms with Crippen LogP contribution in [-0.2, 0) is 0 Å². The zero-order valence-electron chi connectivity index (χ0n) is 5.17. The summed E-state index contributed by atoms with van der Waals surface area (Å²) in [6, 6.07) is 0. The lowest BCUT2D eigenvalue weighted by atomic mass is 10.4. The first-order valence-electron chi connectivity index (χ1n) is 2.80. The topological polar surface area (TPSA) is 0 Å². The Bertz CT molecular complexity index is 82.4. The number of allylic oxidation sites excluding steroid dienone is 4. The standard InChI is InChI=1S/C7H12S/c1-2-3-4-5-6-7-8/h2-5,8H,6-7H2,1H3/b3-2+,5-4+. The summed E-state index contributed by atoms with van der Waals surface area (Å²) in [6.07, 6.45) is 9.23. The maximum absolute atomic E-state index is 4.05. The fourth-order valence-corrected chi connectivity index (χ4v) is 0.510. The van der Waals surface area contributed by atoms with Gasteiger partial charge in [0.05, 0.1) is 0 Å². The molecule has 0 aromatic carbocycles. The van der Waals surface area contributed by atoms with Crippen LogP contribution in [0.3, 0.4) is 0 Å². The van der Waals surface area contributed by atoms with Crippen molar-refractivity contribution in [2.75, 3.05) is 5.75 Å². The molecule has 0 atom stereocenters. The molecule has 0 saturated carbocycles. The summed E-state index contributed by atoms with van der Waals surface area (Å²) in [5.41, 5.74) is 0. The van der Waals surface area contributed by atoms with Gasteiger partial charge >= 0.3 is 0 Å². The van der Waals surface area contributed by atoms with Crippen LogP contribution in [0.25, 0.3) is 0 Å². The highest BCUT2D eigenvalue weighted by Gasteiger charge is 1.67. The van der Waals surface area contributed by atoms with Gasteiger partial charge in [-0.1, -0.05) is 24.3 Å². The quantitative estimate of drug-likeness (QED) is 0.438. The molecular formula is C7H12S. The van der Waals surface area contributed by atoms with E-state index < -0.39 is 0 Å². The smallest absolute Gasteiger partial charge is 0.00632 e. The number of thiol groups is 1. The normalized spacial score (nSPS) is 11.8. The summed E-state index contributed by atoms with van der Waals surface area (Å²) in [5, 5.41) is 0. The van der Waals surface area contributed by atoms with Crippen molar-refractivity contribution in [1.29, 1.82) is 0 Å². The van der Waals surface area contributed by atoms with Crippen molar-refractivity contribution < 1.29 is 0 Å². The Labute approximate surface area is 56.7 Å². The molecule has 0 nitrogen and oxygen atoms in total. The second-order valence-corrected chi connectivity index (χ2v) is 1.91. The lowest BCUT2D eigenvalue weighted by Crippen LogP contribution is -1.63. The van der Waals surface area contributed by atoms with E-state index in [9.17, 15) is 0 Å². The highest BCUT2D eigenvalue weighted by Crippen LogP contribution is 1.85. The summed E-state index contributed by atoms with van der Waals surface area (Å²) >= 11 is 4.05. The maximum atomic E-state index is 4.05. The van der Waals surface area contributed by atoms with Crippen molar-refractivity contribution in [1.82, 2.24) is 0 Å². The van der Waals surface area contributed by atoms with Crippen molar-refractivity contribution in [2.24, 2.45) is 0 Å². The molecular weight excluding hydrogens is 116 g/mol. The van der Waals surface area contributed by atoms with Gasteiger partial charge in [0.25, 0.3) is 0 Å². The lowest BCUT2D eigenvalue weighted by molar-refractivity contribution is 1.25. The van der Waals surface area contributed by atoms with Gasteiger partial charge in [0, 0.05) is 0 Å². The number of hydrogen-bond acceptors (Lipinski definition) is 1. The van der Waals surface area contributed by atoms with Crippen molar-refractivity contribution in [3.05, 3.63) is 24.3 Å². The van der Waals surface area contributed by atoms with E-state index in [1.54, 1.807) is 0 Å². The average Bonchev–Trinajstić information content (AvgIpc) is 1.81. The zero-order valence-corrected chi connectivity index (χ0v) is 6.07. The Morgan fingerprint density at radius 3 is 2.62 bits per heavy atom. The van der Waals surface area contributed by atoms with Crippen molar-refractivity contribution in [3.63, 3.8) is 0 Å². The van der Waals surface area contributed by atoms with E-state index in [1.807, 2.05) is 25.2 Å². The predicted molar refractivity (Wildman–Crippen MR) is 42.4 cm³/mol. The molecule has 0 aliphatic rings. The highest BCUT2D eigenvalue weighted by atomic mass is 32.1. The van der Waals surface area contributed by atoms with Crippen molar-refractivity contribution in [3.8, 4) is 0 Å². The summed E-state index contributed by atoms with van der Waals surface area (Å²) in [4.78, 5) is 0. The predicted octanol–water partition coefficient (Wildman–Crippen LogP) is 2.44. The summed E-state index contributed by atoms with van der Waals surface area (Å²) < 4.78 is 0. The molecule has 0 aromatic heterocycles. The number of hydrogen-bond donors (Lipinski definition) is 1. The van der Waals surface area contributed by atoms with Gasteiger partial charge in [-0.3, -0.25) is 0 Å². The second-order valence-electron chi connectivity index (χ2n) is 1.47. The van der Waals surface area contributed by atoms with Crippen LogP contribution in [-0.4, -0.2) is 5.75 Å².